The highest BCUT2D eigenvalue weighted by Crippen LogP contribution is 2.07. The minimum atomic E-state index is -0.590. The lowest BCUT2D eigenvalue weighted by Crippen LogP contribution is -2.14. The Bertz CT molecular complexity index is 209. The maximum atomic E-state index is 9.21. The fourth-order valence-corrected chi connectivity index (χ4v) is 0.809. The summed E-state index contributed by atoms with van der Waals surface area (Å²) in [4.78, 5) is 3.84. The van der Waals surface area contributed by atoms with Crippen LogP contribution in [-0.4, -0.2) is 21.2 Å². The molecule has 4 nitrogen and oxygen atoms in total. The van der Waals surface area contributed by atoms with E-state index in [1.54, 1.807) is 17.1 Å². The quantitative estimate of drug-likeness (QED) is 0.578. The first-order chi connectivity index (χ1) is 4.75. The van der Waals surface area contributed by atoms with E-state index < -0.39 is 6.10 Å². The lowest BCUT2D eigenvalue weighted by molar-refractivity contribution is 0.178. The number of aromatic nitrogens is 2. The molecule has 4 heteroatoms. The van der Waals surface area contributed by atoms with Crippen LogP contribution in [0.3, 0.4) is 0 Å². The molecule has 1 atom stereocenters. The van der Waals surface area contributed by atoms with E-state index in [2.05, 4.69) is 4.98 Å². The molecule has 1 aromatic heterocycles. The number of aliphatic hydroxyl groups is 1. The zero-order chi connectivity index (χ0) is 7.56. The van der Waals surface area contributed by atoms with Crippen LogP contribution < -0.4 is 5.73 Å². The van der Waals surface area contributed by atoms with Gasteiger partial charge in [0.15, 0.2) is 0 Å². The number of imidazole rings is 1. The van der Waals surface area contributed by atoms with Crippen molar-refractivity contribution in [2.24, 2.45) is 12.8 Å². The van der Waals surface area contributed by atoms with E-state index in [9.17, 15) is 5.11 Å². The van der Waals surface area contributed by atoms with Gasteiger partial charge in [-0.05, 0) is 0 Å². The molecule has 0 saturated heterocycles. The zero-order valence-electron chi connectivity index (χ0n) is 5.86. The monoisotopic (exact) mass is 141 g/mol. The molecule has 0 aliphatic rings. The predicted octanol–water partition coefficient (Wildman–Crippen LogP) is -0.588. The van der Waals surface area contributed by atoms with Crippen LogP contribution in [0.4, 0.5) is 0 Å². The molecule has 0 aliphatic heterocycles. The van der Waals surface area contributed by atoms with Gasteiger partial charge in [0.05, 0.1) is 18.2 Å². The molecule has 1 aromatic rings. The Kier molecular flexibility index (Phi) is 2.03. The van der Waals surface area contributed by atoms with Crippen molar-refractivity contribution >= 4 is 0 Å². The van der Waals surface area contributed by atoms with E-state index in [0.717, 1.165) is 5.69 Å². The highest BCUT2D eigenvalue weighted by molar-refractivity contribution is 5.01. The second kappa shape index (κ2) is 2.81. The summed E-state index contributed by atoms with van der Waals surface area (Å²) < 4.78 is 1.75. The fraction of sp³-hybridized carbons (Fsp3) is 0.500. The first-order valence-electron chi connectivity index (χ1n) is 3.10. The molecule has 10 heavy (non-hydrogen) atoms. The summed E-state index contributed by atoms with van der Waals surface area (Å²) in [5.41, 5.74) is 5.99. The molecule has 0 fully saturated rings. The molecule has 0 amide bonds. The van der Waals surface area contributed by atoms with Gasteiger partial charge in [-0.25, -0.2) is 4.98 Å². The second-order valence-corrected chi connectivity index (χ2v) is 2.18. The number of hydrogen-bond acceptors (Lipinski definition) is 3. The molecule has 0 unspecified atom stereocenters. The molecule has 1 heterocycles. The van der Waals surface area contributed by atoms with E-state index in [1.807, 2.05) is 7.05 Å². The minimum Gasteiger partial charge on any atom is -0.385 e. The van der Waals surface area contributed by atoms with Crippen LogP contribution in [0, 0.1) is 0 Å². The Hall–Kier alpha value is -0.870. The van der Waals surface area contributed by atoms with Crippen molar-refractivity contribution in [3.05, 3.63) is 18.2 Å². The van der Waals surface area contributed by atoms with E-state index >= 15 is 0 Å². The van der Waals surface area contributed by atoms with E-state index in [-0.39, 0.29) is 6.54 Å². The van der Waals surface area contributed by atoms with Crippen LogP contribution in [-0.2, 0) is 7.05 Å². The van der Waals surface area contributed by atoms with Crippen LogP contribution in [0.25, 0.3) is 0 Å². The summed E-state index contributed by atoms with van der Waals surface area (Å²) in [5, 5.41) is 9.21. The fourth-order valence-electron chi connectivity index (χ4n) is 0.809. The SMILES string of the molecule is Cn1cncc1[C@H](O)CN. The number of aliphatic hydroxyl groups excluding tert-OH is 1. The third-order valence-electron chi connectivity index (χ3n) is 1.42. The number of hydrogen-bond donors (Lipinski definition) is 2. The van der Waals surface area contributed by atoms with Crippen molar-refractivity contribution < 1.29 is 5.11 Å². The van der Waals surface area contributed by atoms with Crippen molar-refractivity contribution in [1.82, 2.24) is 9.55 Å². The van der Waals surface area contributed by atoms with Crippen molar-refractivity contribution in [3.63, 3.8) is 0 Å². The molecular formula is C6H11N3O. The summed E-state index contributed by atoms with van der Waals surface area (Å²) in [6.07, 6.45) is 2.65. The first kappa shape index (κ1) is 7.24. The number of aryl methyl sites for hydroxylation is 1. The molecule has 56 valence electrons. The maximum absolute atomic E-state index is 9.21. The van der Waals surface area contributed by atoms with Crippen molar-refractivity contribution in [2.45, 2.75) is 6.10 Å². The average molecular weight is 141 g/mol. The second-order valence-electron chi connectivity index (χ2n) is 2.18. The van der Waals surface area contributed by atoms with Gasteiger partial charge in [-0.2, -0.15) is 0 Å². The summed E-state index contributed by atoms with van der Waals surface area (Å²) in [6, 6.07) is 0. The van der Waals surface area contributed by atoms with Gasteiger partial charge in [-0.1, -0.05) is 0 Å². The first-order valence-corrected chi connectivity index (χ1v) is 3.10. The zero-order valence-corrected chi connectivity index (χ0v) is 5.86. The average Bonchev–Trinajstić information content (AvgIpc) is 2.34. The Balaban J connectivity index is 2.82. The molecule has 0 radical (unpaired) electrons. The third kappa shape index (κ3) is 1.17. The molecule has 0 aromatic carbocycles. The Labute approximate surface area is 59.3 Å². The van der Waals surface area contributed by atoms with Gasteiger partial charge in [0.25, 0.3) is 0 Å². The maximum Gasteiger partial charge on any atom is 0.108 e. The van der Waals surface area contributed by atoms with Gasteiger partial charge in [0, 0.05) is 13.6 Å². The Morgan fingerprint density at radius 1 is 1.90 bits per heavy atom. The van der Waals surface area contributed by atoms with Gasteiger partial charge < -0.3 is 15.4 Å². The van der Waals surface area contributed by atoms with Crippen LogP contribution in [0.1, 0.15) is 11.8 Å². The Morgan fingerprint density at radius 3 is 3.00 bits per heavy atom. The van der Waals surface area contributed by atoms with Gasteiger partial charge in [-0.3, -0.25) is 0 Å². The summed E-state index contributed by atoms with van der Waals surface area (Å²) in [6.45, 7) is 0.236. The van der Waals surface area contributed by atoms with Crippen molar-refractivity contribution in [1.29, 1.82) is 0 Å². The van der Waals surface area contributed by atoms with Crippen LogP contribution in [0.15, 0.2) is 12.5 Å². The van der Waals surface area contributed by atoms with Crippen molar-refractivity contribution in [2.75, 3.05) is 6.54 Å². The summed E-state index contributed by atoms with van der Waals surface area (Å²) in [5.74, 6) is 0. The standard InChI is InChI=1S/C6H11N3O/c1-9-4-8-3-5(9)6(10)2-7/h3-4,6,10H,2,7H2,1H3/t6-/m1/s1. The minimum absolute atomic E-state index is 0.236. The van der Waals surface area contributed by atoms with Gasteiger partial charge in [0.1, 0.15) is 6.10 Å². The lowest BCUT2D eigenvalue weighted by Gasteiger charge is -2.06. The van der Waals surface area contributed by atoms with Crippen LogP contribution >= 0.6 is 0 Å². The van der Waals surface area contributed by atoms with Crippen LogP contribution in [0.2, 0.25) is 0 Å². The summed E-state index contributed by atoms with van der Waals surface area (Å²) >= 11 is 0. The molecule has 1 rings (SSSR count). The molecular weight excluding hydrogens is 130 g/mol. The van der Waals surface area contributed by atoms with E-state index in [1.165, 1.54) is 0 Å². The molecule has 0 saturated carbocycles. The Morgan fingerprint density at radius 2 is 2.60 bits per heavy atom. The molecule has 3 N–H and O–H groups in total. The molecule has 0 spiro atoms. The van der Waals surface area contributed by atoms with Gasteiger partial charge >= 0.3 is 0 Å². The lowest BCUT2D eigenvalue weighted by atomic mass is 10.3. The summed E-state index contributed by atoms with van der Waals surface area (Å²) in [7, 11) is 1.82. The topological polar surface area (TPSA) is 64.1 Å². The van der Waals surface area contributed by atoms with Crippen molar-refractivity contribution in [3.8, 4) is 0 Å². The van der Waals surface area contributed by atoms with E-state index in [4.69, 9.17) is 5.73 Å². The highest BCUT2D eigenvalue weighted by atomic mass is 16.3. The number of nitrogens with zero attached hydrogens (tertiary/aromatic N) is 2. The van der Waals surface area contributed by atoms with Gasteiger partial charge in [-0.15, -0.1) is 0 Å². The van der Waals surface area contributed by atoms with E-state index in [0.29, 0.717) is 0 Å². The number of nitrogens with two attached hydrogens (primary N) is 1. The smallest absolute Gasteiger partial charge is 0.108 e. The predicted molar refractivity (Wildman–Crippen MR) is 37.2 cm³/mol. The number of rotatable bonds is 2. The largest absolute Gasteiger partial charge is 0.385 e. The van der Waals surface area contributed by atoms with Crippen LogP contribution in [0.5, 0.6) is 0 Å². The normalized spacial score (nSPS) is 13.5. The van der Waals surface area contributed by atoms with Gasteiger partial charge in [0.2, 0.25) is 0 Å². The highest BCUT2D eigenvalue weighted by Gasteiger charge is 2.07. The molecule has 0 bridgehead atoms. The third-order valence-corrected chi connectivity index (χ3v) is 1.42. The molecule has 0 aliphatic carbocycles.